The quantitative estimate of drug-likeness (QED) is 0.504. The Morgan fingerprint density at radius 1 is 1.18 bits per heavy atom. The maximum absolute atomic E-state index is 13.6. The van der Waals surface area contributed by atoms with Gasteiger partial charge in [0.2, 0.25) is 11.8 Å². The van der Waals surface area contributed by atoms with Crippen LogP contribution in [0.2, 0.25) is 0 Å². The van der Waals surface area contributed by atoms with E-state index in [1.54, 1.807) is 11.3 Å². The lowest BCUT2D eigenvalue weighted by molar-refractivity contribution is -0.140. The second-order valence-electron chi connectivity index (χ2n) is 10.1. The lowest BCUT2D eigenvalue weighted by Gasteiger charge is -2.43. The van der Waals surface area contributed by atoms with E-state index in [0.29, 0.717) is 19.4 Å². The third-order valence-corrected chi connectivity index (χ3v) is 8.58. The van der Waals surface area contributed by atoms with Gasteiger partial charge >= 0.3 is 7.12 Å². The Bertz CT molecular complexity index is 1150. The zero-order valence-corrected chi connectivity index (χ0v) is 20.8. The third-order valence-electron chi connectivity index (χ3n) is 7.71. The van der Waals surface area contributed by atoms with Gasteiger partial charge in [-0.15, -0.1) is 11.3 Å². The minimum atomic E-state index is -1.12. The fourth-order valence-electron chi connectivity index (χ4n) is 6.07. The van der Waals surface area contributed by atoms with Crippen LogP contribution in [0.1, 0.15) is 54.4 Å². The van der Waals surface area contributed by atoms with Crippen LogP contribution in [0.4, 0.5) is 0 Å². The SMILES string of the molecule is Cc1cc([C@@H]2C[C@@H]3C(=C(C(C)C)C[C@@H]4C(=O)N(Cc5cccs5)C(=O)[C@@H]43)B(O)O2)cc(C)c1O. The number of phenolic OH excluding ortho intramolecular Hbond substituents is 1. The van der Waals surface area contributed by atoms with E-state index in [1.165, 1.54) is 4.90 Å². The van der Waals surface area contributed by atoms with Crippen LogP contribution >= 0.6 is 11.3 Å². The number of carbonyl (C=O) groups excluding carboxylic acids is 2. The van der Waals surface area contributed by atoms with Crippen LogP contribution in [0.3, 0.4) is 0 Å². The molecule has 3 aliphatic rings. The number of benzene rings is 1. The van der Waals surface area contributed by atoms with Crippen LogP contribution in [0.15, 0.2) is 40.7 Å². The van der Waals surface area contributed by atoms with Gasteiger partial charge < -0.3 is 14.8 Å². The maximum Gasteiger partial charge on any atom is 0.487 e. The first-order valence-electron chi connectivity index (χ1n) is 11.9. The highest BCUT2D eigenvalue weighted by Gasteiger charge is 2.58. The molecule has 34 heavy (non-hydrogen) atoms. The molecule has 3 heterocycles. The average Bonchev–Trinajstić information content (AvgIpc) is 3.39. The number of aromatic hydroxyl groups is 1. The first-order chi connectivity index (χ1) is 16.2. The lowest BCUT2D eigenvalue weighted by atomic mass is 9.54. The van der Waals surface area contributed by atoms with Gasteiger partial charge in [-0.3, -0.25) is 14.5 Å². The van der Waals surface area contributed by atoms with Crippen LogP contribution < -0.4 is 0 Å². The molecule has 2 saturated heterocycles. The maximum atomic E-state index is 13.6. The number of likely N-dealkylation sites (tertiary alicyclic amines) is 1. The predicted octanol–water partition coefficient (Wildman–Crippen LogP) is 4.33. The van der Waals surface area contributed by atoms with E-state index in [4.69, 9.17) is 4.65 Å². The highest BCUT2D eigenvalue weighted by molar-refractivity contribution is 7.09. The van der Waals surface area contributed by atoms with Gasteiger partial charge in [0.05, 0.1) is 24.5 Å². The molecule has 2 amide bonds. The lowest BCUT2D eigenvalue weighted by Crippen LogP contribution is -2.45. The number of nitrogens with zero attached hydrogens (tertiary/aromatic N) is 1. The van der Waals surface area contributed by atoms with Crippen LogP contribution in [0.25, 0.3) is 0 Å². The van der Waals surface area contributed by atoms with Crippen molar-refractivity contribution in [3.63, 3.8) is 0 Å². The van der Waals surface area contributed by atoms with Crippen molar-refractivity contribution in [1.29, 1.82) is 0 Å². The summed E-state index contributed by atoms with van der Waals surface area (Å²) in [5, 5.41) is 23.3. The molecule has 1 aliphatic carbocycles. The predicted molar refractivity (Wildman–Crippen MR) is 131 cm³/mol. The van der Waals surface area contributed by atoms with Gasteiger partial charge in [-0.05, 0) is 84.3 Å². The summed E-state index contributed by atoms with van der Waals surface area (Å²) in [6.07, 6.45) is 0.574. The number of hydrogen-bond acceptors (Lipinski definition) is 6. The number of thiophene rings is 1. The summed E-state index contributed by atoms with van der Waals surface area (Å²) in [6, 6.07) is 7.63. The molecule has 0 unspecified atom stereocenters. The number of rotatable bonds is 4. The van der Waals surface area contributed by atoms with Gasteiger partial charge in [-0.25, -0.2) is 0 Å². The van der Waals surface area contributed by atoms with Crippen molar-refractivity contribution < 1.29 is 24.4 Å². The number of imide groups is 1. The first-order valence-corrected chi connectivity index (χ1v) is 12.8. The molecule has 4 atom stereocenters. The molecule has 2 fully saturated rings. The molecule has 8 heteroatoms. The molecular formula is C26H30BNO5S. The Labute approximate surface area is 204 Å². The highest BCUT2D eigenvalue weighted by atomic mass is 32.1. The summed E-state index contributed by atoms with van der Waals surface area (Å²) < 4.78 is 6.10. The Morgan fingerprint density at radius 3 is 2.50 bits per heavy atom. The van der Waals surface area contributed by atoms with Crippen LogP contribution in [0.5, 0.6) is 5.75 Å². The molecule has 2 N–H and O–H groups in total. The number of allylic oxidation sites excluding steroid dienone is 2. The number of aryl methyl sites for hydroxylation is 2. The molecule has 0 radical (unpaired) electrons. The fraction of sp³-hybridized carbons (Fsp3) is 0.462. The molecular weight excluding hydrogens is 449 g/mol. The number of amides is 2. The molecule has 2 aliphatic heterocycles. The van der Waals surface area contributed by atoms with Gasteiger partial charge in [-0.2, -0.15) is 0 Å². The summed E-state index contributed by atoms with van der Waals surface area (Å²) >= 11 is 1.54. The van der Waals surface area contributed by atoms with E-state index in [2.05, 4.69) is 13.8 Å². The Kier molecular flexibility index (Phi) is 5.95. The van der Waals surface area contributed by atoms with E-state index in [-0.39, 0.29) is 29.4 Å². The molecule has 6 nitrogen and oxygen atoms in total. The molecule has 178 valence electrons. The number of hydrogen-bond donors (Lipinski definition) is 2. The van der Waals surface area contributed by atoms with Crippen molar-refractivity contribution in [3.8, 4) is 5.75 Å². The average molecular weight is 479 g/mol. The second-order valence-corrected chi connectivity index (χ2v) is 11.2. The zero-order chi connectivity index (χ0) is 24.3. The van der Waals surface area contributed by atoms with Crippen molar-refractivity contribution in [2.24, 2.45) is 23.7 Å². The fourth-order valence-corrected chi connectivity index (χ4v) is 6.76. The first kappa shape index (κ1) is 23.3. The van der Waals surface area contributed by atoms with Gasteiger partial charge in [0, 0.05) is 4.88 Å². The number of phenols is 1. The summed E-state index contributed by atoms with van der Waals surface area (Å²) in [6.45, 7) is 8.11. The molecule has 1 aromatic carbocycles. The minimum Gasteiger partial charge on any atom is -0.507 e. The Hall–Kier alpha value is -2.42. The summed E-state index contributed by atoms with van der Waals surface area (Å²) in [7, 11) is -1.12. The van der Waals surface area contributed by atoms with Crippen molar-refractivity contribution in [1.82, 2.24) is 4.90 Å². The standard InChI is InChI=1S/C26H30BNO5S/c1-13(2)18-10-20-22(26(31)28(25(20)30)12-17-6-5-7-34-17)19-11-21(33-27(32)23(18)19)16-8-14(3)24(29)15(4)9-16/h5-9,13,19-22,29,32H,10-12H2,1-4H3/t19-,20-,21-,22+/m0/s1. The van der Waals surface area contributed by atoms with Gasteiger partial charge in [0.15, 0.2) is 0 Å². The number of fused-ring (bicyclic) bond motifs is 3. The largest absolute Gasteiger partial charge is 0.507 e. The monoisotopic (exact) mass is 479 g/mol. The van der Waals surface area contributed by atoms with Crippen molar-refractivity contribution in [3.05, 3.63) is 62.3 Å². The van der Waals surface area contributed by atoms with Crippen LogP contribution in [-0.4, -0.2) is 34.0 Å². The molecule has 1 aromatic heterocycles. The van der Waals surface area contributed by atoms with Crippen LogP contribution in [-0.2, 0) is 20.8 Å². The normalized spacial score (nSPS) is 27.0. The van der Waals surface area contributed by atoms with E-state index < -0.39 is 25.1 Å². The van der Waals surface area contributed by atoms with Crippen LogP contribution in [0, 0.1) is 37.5 Å². The van der Waals surface area contributed by atoms with E-state index in [1.807, 2.05) is 43.5 Å². The number of carbonyl (C=O) groups is 2. The van der Waals surface area contributed by atoms with Crippen molar-refractivity contribution in [2.75, 3.05) is 0 Å². The third kappa shape index (κ3) is 3.72. The molecule has 0 bridgehead atoms. The smallest absolute Gasteiger partial charge is 0.487 e. The van der Waals surface area contributed by atoms with E-state index >= 15 is 0 Å². The summed E-state index contributed by atoms with van der Waals surface area (Å²) in [5.41, 5.74) is 4.18. The van der Waals surface area contributed by atoms with E-state index in [9.17, 15) is 19.7 Å². The van der Waals surface area contributed by atoms with Crippen molar-refractivity contribution in [2.45, 2.75) is 53.2 Å². The van der Waals surface area contributed by atoms with Gasteiger partial charge in [-0.1, -0.05) is 25.5 Å². The molecule has 2 aromatic rings. The second kappa shape index (κ2) is 8.66. The van der Waals surface area contributed by atoms with Gasteiger partial charge in [0.1, 0.15) is 5.75 Å². The Morgan fingerprint density at radius 2 is 1.88 bits per heavy atom. The van der Waals surface area contributed by atoms with Crippen molar-refractivity contribution >= 4 is 30.3 Å². The van der Waals surface area contributed by atoms with E-state index in [0.717, 1.165) is 32.6 Å². The zero-order valence-electron chi connectivity index (χ0n) is 19.9. The summed E-state index contributed by atoms with van der Waals surface area (Å²) in [4.78, 5) is 29.5. The molecule has 0 spiro atoms. The Balaban J connectivity index is 1.53. The molecule has 5 rings (SSSR count). The summed E-state index contributed by atoms with van der Waals surface area (Å²) in [5.74, 6) is -0.988. The van der Waals surface area contributed by atoms with Gasteiger partial charge in [0.25, 0.3) is 0 Å². The highest BCUT2D eigenvalue weighted by Crippen LogP contribution is 2.53. The molecule has 0 saturated carbocycles. The topological polar surface area (TPSA) is 87.1 Å². The minimum absolute atomic E-state index is 0.102.